The molecule has 2 aromatic rings. The maximum Gasteiger partial charge on any atom is 0.305 e. The van der Waals surface area contributed by atoms with E-state index in [1.54, 1.807) is 6.92 Å². The summed E-state index contributed by atoms with van der Waals surface area (Å²) in [7, 11) is 0. The Hall–Kier alpha value is -0.750. The van der Waals surface area contributed by atoms with Gasteiger partial charge in [0.1, 0.15) is 11.0 Å². The number of aromatic nitrogens is 3. The van der Waals surface area contributed by atoms with Crippen LogP contribution in [0.2, 0.25) is 20.1 Å². The minimum Gasteiger partial charge on any atom is -0.481 e. The Bertz CT molecular complexity index is 626. The van der Waals surface area contributed by atoms with Gasteiger partial charge in [-0.15, -0.1) is 0 Å². The van der Waals surface area contributed by atoms with Gasteiger partial charge in [0, 0.05) is 0 Å². The van der Waals surface area contributed by atoms with Crippen LogP contribution in [0.3, 0.4) is 0 Å². The molecule has 0 fully saturated rings. The first-order valence-electron chi connectivity index (χ1n) is 5.13. The van der Waals surface area contributed by atoms with E-state index in [-0.39, 0.29) is 26.5 Å². The topological polar surface area (TPSA) is 68.0 Å². The van der Waals surface area contributed by atoms with E-state index >= 15 is 0 Å². The number of carboxylic acid groups (broad SMARTS) is 1. The summed E-state index contributed by atoms with van der Waals surface area (Å²) >= 11 is 23.9. The standard InChI is InChI=1S/C10H7Cl4N3O2/c1-3(2-4(18)19)17-15-9-7(13)5(11)6(12)8(14)10(9)16-17/h3H,2H2,1H3,(H,18,19)/t3-/m0/s1. The molecule has 0 aliphatic carbocycles. The van der Waals surface area contributed by atoms with Crippen molar-refractivity contribution in [2.45, 2.75) is 19.4 Å². The van der Waals surface area contributed by atoms with Crippen molar-refractivity contribution in [3.63, 3.8) is 0 Å². The van der Waals surface area contributed by atoms with Crippen molar-refractivity contribution in [1.82, 2.24) is 15.0 Å². The van der Waals surface area contributed by atoms with Crippen LogP contribution in [0.5, 0.6) is 0 Å². The van der Waals surface area contributed by atoms with Gasteiger partial charge in [0.05, 0.1) is 32.6 Å². The molecule has 0 spiro atoms. The molecule has 0 bridgehead atoms. The third-order valence-electron chi connectivity index (χ3n) is 2.49. The van der Waals surface area contributed by atoms with Crippen molar-refractivity contribution in [2.75, 3.05) is 0 Å². The largest absolute Gasteiger partial charge is 0.481 e. The maximum absolute atomic E-state index is 10.7. The van der Waals surface area contributed by atoms with Gasteiger partial charge in [0.2, 0.25) is 0 Å². The molecule has 1 N–H and O–H groups in total. The van der Waals surface area contributed by atoms with E-state index in [2.05, 4.69) is 10.2 Å². The van der Waals surface area contributed by atoms with Crippen LogP contribution in [0.15, 0.2) is 0 Å². The number of hydrogen-bond donors (Lipinski definition) is 1. The van der Waals surface area contributed by atoms with Crippen LogP contribution in [-0.4, -0.2) is 26.1 Å². The van der Waals surface area contributed by atoms with Gasteiger partial charge in [-0.05, 0) is 6.92 Å². The number of rotatable bonds is 3. The molecule has 0 unspecified atom stereocenters. The summed E-state index contributed by atoms with van der Waals surface area (Å²) in [5, 5.41) is 17.4. The fourth-order valence-corrected chi connectivity index (χ4v) is 2.46. The lowest BCUT2D eigenvalue weighted by Gasteiger charge is -2.05. The molecule has 102 valence electrons. The molecule has 1 heterocycles. The van der Waals surface area contributed by atoms with Crippen molar-refractivity contribution >= 4 is 63.4 Å². The second kappa shape index (κ2) is 5.32. The fourth-order valence-electron chi connectivity index (χ4n) is 1.55. The number of carbonyl (C=O) groups is 1. The Labute approximate surface area is 128 Å². The van der Waals surface area contributed by atoms with Gasteiger partial charge in [-0.3, -0.25) is 4.79 Å². The van der Waals surface area contributed by atoms with Gasteiger partial charge in [-0.2, -0.15) is 15.0 Å². The zero-order valence-corrected chi connectivity index (χ0v) is 12.5. The van der Waals surface area contributed by atoms with E-state index in [4.69, 9.17) is 51.5 Å². The highest BCUT2D eigenvalue weighted by Gasteiger charge is 2.21. The van der Waals surface area contributed by atoms with Gasteiger partial charge in [-0.1, -0.05) is 46.4 Å². The Morgan fingerprint density at radius 2 is 1.53 bits per heavy atom. The average molecular weight is 343 g/mol. The summed E-state index contributed by atoms with van der Waals surface area (Å²) in [6.07, 6.45) is -0.127. The van der Waals surface area contributed by atoms with Crippen molar-refractivity contribution in [2.24, 2.45) is 0 Å². The van der Waals surface area contributed by atoms with Crippen LogP contribution in [0, 0.1) is 0 Å². The van der Waals surface area contributed by atoms with Crippen LogP contribution in [0.4, 0.5) is 0 Å². The Kier molecular flexibility index (Phi) is 4.11. The molecule has 0 amide bonds. The molecule has 0 saturated carbocycles. The number of fused-ring (bicyclic) bond motifs is 1. The second-order valence-electron chi connectivity index (χ2n) is 3.92. The first-order chi connectivity index (χ1) is 8.82. The Morgan fingerprint density at radius 3 is 1.89 bits per heavy atom. The highest BCUT2D eigenvalue weighted by molar-refractivity contribution is 6.54. The first kappa shape index (κ1) is 14.7. The molecule has 1 atom stereocenters. The van der Waals surface area contributed by atoms with Crippen molar-refractivity contribution < 1.29 is 9.90 Å². The molecule has 9 heteroatoms. The molecular formula is C10H7Cl4N3O2. The van der Waals surface area contributed by atoms with Gasteiger partial charge in [-0.25, -0.2) is 0 Å². The number of nitrogens with zero attached hydrogens (tertiary/aromatic N) is 3. The lowest BCUT2D eigenvalue weighted by Crippen LogP contribution is -2.13. The highest BCUT2D eigenvalue weighted by Crippen LogP contribution is 2.41. The third kappa shape index (κ3) is 2.60. The van der Waals surface area contributed by atoms with Crippen LogP contribution < -0.4 is 0 Å². The number of aliphatic carboxylic acids is 1. The smallest absolute Gasteiger partial charge is 0.305 e. The van der Waals surface area contributed by atoms with E-state index in [1.165, 1.54) is 4.80 Å². The Morgan fingerprint density at radius 1 is 1.11 bits per heavy atom. The van der Waals surface area contributed by atoms with Crippen molar-refractivity contribution in [1.29, 1.82) is 0 Å². The minimum atomic E-state index is -0.956. The summed E-state index contributed by atoms with van der Waals surface area (Å²) < 4.78 is 0. The van der Waals surface area contributed by atoms with Crippen LogP contribution in [0.1, 0.15) is 19.4 Å². The van der Waals surface area contributed by atoms with E-state index in [1.807, 2.05) is 0 Å². The van der Waals surface area contributed by atoms with Gasteiger partial charge in [0.25, 0.3) is 0 Å². The summed E-state index contributed by atoms with van der Waals surface area (Å²) in [5.41, 5.74) is 0.580. The van der Waals surface area contributed by atoms with E-state index < -0.39 is 12.0 Å². The van der Waals surface area contributed by atoms with Gasteiger partial charge in [0.15, 0.2) is 0 Å². The number of carboxylic acids is 1. The third-order valence-corrected chi connectivity index (χ3v) is 4.27. The maximum atomic E-state index is 10.7. The Balaban J connectivity index is 2.60. The molecule has 0 radical (unpaired) electrons. The predicted octanol–water partition coefficient (Wildman–Crippen LogP) is 4.08. The SMILES string of the molecule is C[C@@H](CC(=O)O)n1nc2c(Cl)c(Cl)c(Cl)c(Cl)c2n1. The molecule has 5 nitrogen and oxygen atoms in total. The molecule has 1 aromatic carbocycles. The van der Waals surface area contributed by atoms with Crippen molar-refractivity contribution in [3.05, 3.63) is 20.1 Å². The zero-order chi connectivity index (χ0) is 14.3. The predicted molar refractivity (Wildman–Crippen MR) is 74.5 cm³/mol. The molecular weight excluding hydrogens is 336 g/mol. The molecule has 0 saturated heterocycles. The highest BCUT2D eigenvalue weighted by atomic mass is 35.5. The minimum absolute atomic E-state index is 0.0961. The zero-order valence-electron chi connectivity index (χ0n) is 9.49. The molecule has 0 aliphatic rings. The molecule has 19 heavy (non-hydrogen) atoms. The summed E-state index contributed by atoms with van der Waals surface area (Å²) in [5.74, 6) is -0.956. The van der Waals surface area contributed by atoms with Crippen LogP contribution in [-0.2, 0) is 4.79 Å². The lowest BCUT2D eigenvalue weighted by atomic mass is 10.2. The van der Waals surface area contributed by atoms with Gasteiger partial charge < -0.3 is 5.11 Å². The summed E-state index contributed by atoms with van der Waals surface area (Å²) in [6, 6.07) is -0.449. The van der Waals surface area contributed by atoms with E-state index in [9.17, 15) is 4.79 Å². The normalized spacial score (nSPS) is 12.9. The molecule has 2 rings (SSSR count). The lowest BCUT2D eigenvalue weighted by molar-refractivity contribution is -0.137. The summed E-state index contributed by atoms with van der Waals surface area (Å²) in [4.78, 5) is 11.9. The number of halogens is 4. The van der Waals surface area contributed by atoms with Crippen LogP contribution in [0.25, 0.3) is 11.0 Å². The molecule has 1 aromatic heterocycles. The number of hydrogen-bond acceptors (Lipinski definition) is 3. The number of benzene rings is 1. The van der Waals surface area contributed by atoms with E-state index in [0.29, 0.717) is 11.0 Å². The first-order valence-corrected chi connectivity index (χ1v) is 6.64. The molecule has 0 aliphatic heterocycles. The fraction of sp³-hybridized carbons (Fsp3) is 0.300. The second-order valence-corrected chi connectivity index (χ2v) is 5.43. The van der Waals surface area contributed by atoms with E-state index in [0.717, 1.165) is 0 Å². The van der Waals surface area contributed by atoms with Gasteiger partial charge >= 0.3 is 5.97 Å². The van der Waals surface area contributed by atoms with Crippen molar-refractivity contribution in [3.8, 4) is 0 Å². The average Bonchev–Trinajstić information content (AvgIpc) is 2.78. The quantitative estimate of drug-likeness (QED) is 0.674. The van der Waals surface area contributed by atoms with Crippen LogP contribution >= 0.6 is 46.4 Å². The monoisotopic (exact) mass is 341 g/mol. The summed E-state index contributed by atoms with van der Waals surface area (Å²) in [6.45, 7) is 1.66.